The number of benzene rings is 1. The standard InChI is InChI=1S/C11H11NO4/c1-15-7-4-2-3-6(5-7)10-8(13)9(14)11(12)16-10/h2-5,10,14H,12H2,1H3. The fourth-order valence-electron chi connectivity index (χ4n) is 1.51. The Balaban J connectivity index is 2.30. The molecule has 2 rings (SSSR count). The average Bonchev–Trinajstić information content (AvgIpc) is 2.57. The second kappa shape index (κ2) is 3.77. The molecule has 0 spiro atoms. The number of methoxy groups -OCH3 is 1. The molecule has 0 aliphatic carbocycles. The molecule has 84 valence electrons. The molecule has 5 heteroatoms. The Labute approximate surface area is 92.1 Å². The van der Waals surface area contributed by atoms with Crippen LogP contribution in [-0.4, -0.2) is 18.0 Å². The number of carbonyl (C=O) groups is 1. The first kappa shape index (κ1) is 10.4. The van der Waals surface area contributed by atoms with Gasteiger partial charge in [-0.05, 0) is 12.1 Å². The Morgan fingerprint density at radius 2 is 2.25 bits per heavy atom. The minimum Gasteiger partial charge on any atom is -0.501 e. The van der Waals surface area contributed by atoms with Gasteiger partial charge in [0.25, 0.3) is 0 Å². The summed E-state index contributed by atoms with van der Waals surface area (Å²) < 4.78 is 10.1. The molecule has 1 atom stereocenters. The number of ether oxygens (including phenoxy) is 2. The van der Waals surface area contributed by atoms with Crippen molar-refractivity contribution in [2.24, 2.45) is 5.73 Å². The summed E-state index contributed by atoms with van der Waals surface area (Å²) in [7, 11) is 1.53. The van der Waals surface area contributed by atoms with E-state index < -0.39 is 17.6 Å². The topological polar surface area (TPSA) is 81.8 Å². The summed E-state index contributed by atoms with van der Waals surface area (Å²) in [6, 6.07) is 6.85. The third-order valence-electron chi connectivity index (χ3n) is 2.35. The fraction of sp³-hybridized carbons (Fsp3) is 0.182. The van der Waals surface area contributed by atoms with Crippen molar-refractivity contribution in [2.45, 2.75) is 6.10 Å². The van der Waals surface area contributed by atoms with Crippen molar-refractivity contribution >= 4 is 5.78 Å². The van der Waals surface area contributed by atoms with Gasteiger partial charge in [-0.25, -0.2) is 0 Å². The number of aliphatic hydroxyl groups is 1. The predicted octanol–water partition coefficient (Wildman–Crippen LogP) is 1.02. The molecule has 0 amide bonds. The molecule has 1 heterocycles. The van der Waals surface area contributed by atoms with E-state index in [1.165, 1.54) is 7.11 Å². The molecule has 1 aliphatic heterocycles. The second-order valence-electron chi connectivity index (χ2n) is 3.35. The average molecular weight is 221 g/mol. The quantitative estimate of drug-likeness (QED) is 0.779. The molecule has 0 saturated heterocycles. The van der Waals surface area contributed by atoms with Crippen molar-refractivity contribution in [1.29, 1.82) is 0 Å². The van der Waals surface area contributed by atoms with E-state index in [0.717, 1.165) is 0 Å². The Bertz CT molecular complexity index is 467. The zero-order valence-corrected chi connectivity index (χ0v) is 8.64. The van der Waals surface area contributed by atoms with Gasteiger partial charge in [-0.3, -0.25) is 4.79 Å². The van der Waals surface area contributed by atoms with E-state index in [4.69, 9.17) is 15.2 Å². The van der Waals surface area contributed by atoms with E-state index in [9.17, 15) is 9.90 Å². The van der Waals surface area contributed by atoms with E-state index in [-0.39, 0.29) is 5.88 Å². The fourth-order valence-corrected chi connectivity index (χ4v) is 1.51. The zero-order valence-electron chi connectivity index (χ0n) is 8.64. The molecule has 1 aliphatic rings. The molecule has 5 nitrogen and oxygen atoms in total. The van der Waals surface area contributed by atoms with E-state index in [1.54, 1.807) is 24.3 Å². The molecule has 1 aromatic carbocycles. The highest BCUT2D eigenvalue weighted by Crippen LogP contribution is 2.31. The Hall–Kier alpha value is -2.17. The highest BCUT2D eigenvalue weighted by molar-refractivity contribution is 5.99. The molecule has 0 saturated carbocycles. The zero-order chi connectivity index (χ0) is 11.7. The van der Waals surface area contributed by atoms with Crippen LogP contribution in [0.25, 0.3) is 0 Å². The van der Waals surface area contributed by atoms with Gasteiger partial charge in [0.05, 0.1) is 7.11 Å². The number of rotatable bonds is 2. The molecule has 0 aromatic heterocycles. The molecular formula is C11H11NO4. The number of Topliss-reactive ketones (excluding diaryl/α,β-unsaturated/α-hetero) is 1. The predicted molar refractivity (Wildman–Crippen MR) is 55.7 cm³/mol. The first-order chi connectivity index (χ1) is 7.63. The van der Waals surface area contributed by atoms with Gasteiger partial charge in [-0.2, -0.15) is 0 Å². The van der Waals surface area contributed by atoms with Crippen molar-refractivity contribution in [3.05, 3.63) is 41.5 Å². The minimum atomic E-state index is -0.880. The first-order valence-electron chi connectivity index (χ1n) is 4.67. The lowest BCUT2D eigenvalue weighted by Gasteiger charge is -2.10. The van der Waals surface area contributed by atoms with Crippen LogP contribution in [0.3, 0.4) is 0 Å². The third-order valence-corrected chi connectivity index (χ3v) is 2.35. The molecule has 16 heavy (non-hydrogen) atoms. The normalized spacial score (nSPS) is 19.8. The lowest BCUT2D eigenvalue weighted by Crippen LogP contribution is -2.09. The van der Waals surface area contributed by atoms with Gasteiger partial charge >= 0.3 is 0 Å². The Morgan fingerprint density at radius 3 is 2.81 bits per heavy atom. The van der Waals surface area contributed by atoms with Crippen LogP contribution in [0.4, 0.5) is 0 Å². The molecule has 1 aromatic rings. The van der Waals surface area contributed by atoms with Crippen LogP contribution in [0.1, 0.15) is 11.7 Å². The van der Waals surface area contributed by atoms with Gasteiger partial charge in [0.15, 0.2) is 6.10 Å². The van der Waals surface area contributed by atoms with E-state index in [1.807, 2.05) is 0 Å². The van der Waals surface area contributed by atoms with Gasteiger partial charge in [-0.1, -0.05) is 12.1 Å². The van der Waals surface area contributed by atoms with Crippen LogP contribution in [-0.2, 0) is 9.53 Å². The number of nitrogens with two attached hydrogens (primary N) is 1. The molecule has 1 unspecified atom stereocenters. The maximum atomic E-state index is 11.6. The summed E-state index contributed by atoms with van der Waals surface area (Å²) in [6.07, 6.45) is -0.880. The van der Waals surface area contributed by atoms with Crippen LogP contribution < -0.4 is 10.5 Å². The van der Waals surface area contributed by atoms with Crippen molar-refractivity contribution in [3.8, 4) is 5.75 Å². The lowest BCUT2D eigenvalue weighted by atomic mass is 10.1. The smallest absolute Gasteiger partial charge is 0.247 e. The Kier molecular flexibility index (Phi) is 2.44. The van der Waals surface area contributed by atoms with E-state index in [2.05, 4.69) is 0 Å². The van der Waals surface area contributed by atoms with Gasteiger partial charge in [0.1, 0.15) is 5.75 Å². The summed E-state index contributed by atoms with van der Waals surface area (Å²) in [5, 5.41) is 9.27. The van der Waals surface area contributed by atoms with Crippen molar-refractivity contribution in [3.63, 3.8) is 0 Å². The van der Waals surface area contributed by atoms with Gasteiger partial charge < -0.3 is 20.3 Å². The van der Waals surface area contributed by atoms with Crippen LogP contribution in [0.2, 0.25) is 0 Å². The number of hydrogen-bond donors (Lipinski definition) is 2. The lowest BCUT2D eigenvalue weighted by molar-refractivity contribution is -0.123. The summed E-state index contributed by atoms with van der Waals surface area (Å²) in [5.41, 5.74) is 5.92. The number of aliphatic hydroxyl groups excluding tert-OH is 1. The summed E-state index contributed by atoms with van der Waals surface area (Å²) in [6.45, 7) is 0. The van der Waals surface area contributed by atoms with Gasteiger partial charge in [-0.15, -0.1) is 0 Å². The van der Waals surface area contributed by atoms with Crippen LogP contribution in [0.5, 0.6) is 5.75 Å². The van der Waals surface area contributed by atoms with Crippen molar-refractivity contribution in [2.75, 3.05) is 7.11 Å². The number of ketones is 1. The number of hydrogen-bond acceptors (Lipinski definition) is 5. The molecule has 0 fully saturated rings. The monoisotopic (exact) mass is 221 g/mol. The molecule has 0 bridgehead atoms. The van der Waals surface area contributed by atoms with Crippen molar-refractivity contribution in [1.82, 2.24) is 0 Å². The van der Waals surface area contributed by atoms with Gasteiger partial charge in [0, 0.05) is 5.56 Å². The minimum absolute atomic E-state index is 0.238. The third kappa shape index (κ3) is 1.56. The summed E-state index contributed by atoms with van der Waals surface area (Å²) in [5.74, 6) is -0.685. The number of carbonyl (C=O) groups excluding carboxylic acids is 1. The van der Waals surface area contributed by atoms with Crippen LogP contribution in [0.15, 0.2) is 35.9 Å². The Morgan fingerprint density at radius 1 is 1.50 bits per heavy atom. The molecule has 0 radical (unpaired) electrons. The molecular weight excluding hydrogens is 210 g/mol. The maximum Gasteiger partial charge on any atom is 0.247 e. The second-order valence-corrected chi connectivity index (χ2v) is 3.35. The maximum absolute atomic E-state index is 11.6. The molecule has 3 N–H and O–H groups in total. The van der Waals surface area contributed by atoms with Gasteiger partial charge in [0.2, 0.25) is 17.4 Å². The van der Waals surface area contributed by atoms with Crippen LogP contribution in [0, 0.1) is 0 Å². The first-order valence-corrected chi connectivity index (χ1v) is 4.67. The highest BCUT2D eigenvalue weighted by Gasteiger charge is 2.35. The highest BCUT2D eigenvalue weighted by atomic mass is 16.5. The SMILES string of the molecule is COc1cccc(C2OC(N)=C(O)C2=O)c1. The van der Waals surface area contributed by atoms with E-state index >= 15 is 0 Å². The largest absolute Gasteiger partial charge is 0.501 e. The summed E-state index contributed by atoms with van der Waals surface area (Å²) in [4.78, 5) is 11.6. The van der Waals surface area contributed by atoms with E-state index in [0.29, 0.717) is 11.3 Å². The van der Waals surface area contributed by atoms with Crippen molar-refractivity contribution < 1.29 is 19.4 Å². The summed E-state index contributed by atoms with van der Waals surface area (Å²) >= 11 is 0. The van der Waals surface area contributed by atoms with Crippen LogP contribution >= 0.6 is 0 Å².